The fourth-order valence-corrected chi connectivity index (χ4v) is 2.83. The summed E-state index contributed by atoms with van der Waals surface area (Å²) in [4.78, 5) is 16.4. The number of carbonyl (C=O) groups excluding carboxylic acids is 1. The molecule has 108 valence electrons. The minimum absolute atomic E-state index is 0.0150. The zero-order chi connectivity index (χ0) is 13.9. The number of anilines is 1. The lowest BCUT2D eigenvalue weighted by Gasteiger charge is -2.31. The standard InChI is InChI=1S/C14H21N5O/c1-11-10-19(9-6-15-11)14(20)12-4-5-13(17-16-12)18-7-2-3-8-18/h4-5,11,15H,2-3,6-10H2,1H3. The number of hydrogen-bond acceptors (Lipinski definition) is 5. The fraction of sp³-hybridized carbons (Fsp3) is 0.643. The van der Waals surface area contributed by atoms with Gasteiger partial charge in [-0.2, -0.15) is 0 Å². The molecule has 0 radical (unpaired) electrons. The van der Waals surface area contributed by atoms with Crippen LogP contribution in [0.25, 0.3) is 0 Å². The van der Waals surface area contributed by atoms with Gasteiger partial charge in [-0.15, -0.1) is 10.2 Å². The first kappa shape index (κ1) is 13.3. The average Bonchev–Trinajstić information content (AvgIpc) is 3.01. The number of rotatable bonds is 2. The molecule has 2 aliphatic heterocycles. The topological polar surface area (TPSA) is 61.4 Å². The lowest BCUT2D eigenvalue weighted by atomic mass is 10.2. The van der Waals surface area contributed by atoms with E-state index in [0.717, 1.165) is 38.5 Å². The van der Waals surface area contributed by atoms with E-state index in [2.05, 4.69) is 27.3 Å². The second-order valence-electron chi connectivity index (χ2n) is 5.58. The van der Waals surface area contributed by atoms with Crippen molar-refractivity contribution >= 4 is 11.7 Å². The maximum Gasteiger partial charge on any atom is 0.274 e. The van der Waals surface area contributed by atoms with Crippen LogP contribution in [0.5, 0.6) is 0 Å². The molecule has 3 heterocycles. The normalized spacial score (nSPS) is 23.1. The van der Waals surface area contributed by atoms with Crippen molar-refractivity contribution in [1.29, 1.82) is 0 Å². The van der Waals surface area contributed by atoms with Gasteiger partial charge < -0.3 is 15.1 Å². The molecule has 1 unspecified atom stereocenters. The van der Waals surface area contributed by atoms with Gasteiger partial charge in [-0.05, 0) is 31.9 Å². The Morgan fingerprint density at radius 2 is 2.05 bits per heavy atom. The molecule has 0 saturated carbocycles. The maximum absolute atomic E-state index is 12.4. The molecule has 2 saturated heterocycles. The van der Waals surface area contributed by atoms with Crippen molar-refractivity contribution in [2.75, 3.05) is 37.6 Å². The van der Waals surface area contributed by atoms with E-state index in [0.29, 0.717) is 11.7 Å². The van der Waals surface area contributed by atoms with Crippen LogP contribution in [0.2, 0.25) is 0 Å². The second-order valence-corrected chi connectivity index (χ2v) is 5.58. The molecule has 1 aromatic heterocycles. The Balaban J connectivity index is 1.68. The van der Waals surface area contributed by atoms with Crippen LogP contribution in [0.3, 0.4) is 0 Å². The molecule has 0 aromatic carbocycles. The third-order valence-corrected chi connectivity index (χ3v) is 3.96. The van der Waals surface area contributed by atoms with Crippen molar-refractivity contribution in [2.24, 2.45) is 0 Å². The summed E-state index contributed by atoms with van der Waals surface area (Å²) in [6.45, 7) is 6.47. The molecule has 1 atom stereocenters. The van der Waals surface area contributed by atoms with Crippen molar-refractivity contribution in [3.63, 3.8) is 0 Å². The van der Waals surface area contributed by atoms with Crippen LogP contribution in [0.4, 0.5) is 5.82 Å². The molecular weight excluding hydrogens is 254 g/mol. The molecule has 6 heteroatoms. The second kappa shape index (κ2) is 5.75. The first-order valence-corrected chi connectivity index (χ1v) is 7.35. The van der Waals surface area contributed by atoms with E-state index < -0.39 is 0 Å². The van der Waals surface area contributed by atoms with Gasteiger partial charge in [0.05, 0.1) is 0 Å². The molecule has 2 fully saturated rings. The lowest BCUT2D eigenvalue weighted by molar-refractivity contribution is 0.0702. The van der Waals surface area contributed by atoms with Gasteiger partial charge in [-0.1, -0.05) is 0 Å². The van der Waals surface area contributed by atoms with Crippen molar-refractivity contribution in [3.05, 3.63) is 17.8 Å². The molecule has 0 spiro atoms. The first-order chi connectivity index (χ1) is 9.74. The summed E-state index contributed by atoms with van der Waals surface area (Å²) < 4.78 is 0. The highest BCUT2D eigenvalue weighted by Crippen LogP contribution is 2.17. The number of aromatic nitrogens is 2. The molecule has 1 aromatic rings. The summed E-state index contributed by atoms with van der Waals surface area (Å²) in [6.07, 6.45) is 2.42. The van der Waals surface area contributed by atoms with Crippen LogP contribution >= 0.6 is 0 Å². The number of nitrogens with zero attached hydrogens (tertiary/aromatic N) is 4. The van der Waals surface area contributed by atoms with Crippen molar-refractivity contribution in [2.45, 2.75) is 25.8 Å². The van der Waals surface area contributed by atoms with E-state index in [4.69, 9.17) is 0 Å². The molecular formula is C14H21N5O. The van der Waals surface area contributed by atoms with E-state index in [1.807, 2.05) is 11.0 Å². The van der Waals surface area contributed by atoms with E-state index in [9.17, 15) is 4.79 Å². The van der Waals surface area contributed by atoms with E-state index in [1.54, 1.807) is 6.07 Å². The summed E-state index contributed by atoms with van der Waals surface area (Å²) in [7, 11) is 0. The predicted molar refractivity (Wildman–Crippen MR) is 76.8 cm³/mol. The first-order valence-electron chi connectivity index (χ1n) is 7.35. The quantitative estimate of drug-likeness (QED) is 0.852. The maximum atomic E-state index is 12.4. The van der Waals surface area contributed by atoms with Gasteiger partial charge in [0.1, 0.15) is 0 Å². The van der Waals surface area contributed by atoms with Gasteiger partial charge in [0.2, 0.25) is 0 Å². The predicted octanol–water partition coefficient (Wildman–Crippen LogP) is 0.511. The highest BCUT2D eigenvalue weighted by atomic mass is 16.2. The van der Waals surface area contributed by atoms with Crippen LogP contribution in [0, 0.1) is 0 Å². The number of hydrogen-bond donors (Lipinski definition) is 1. The van der Waals surface area contributed by atoms with Gasteiger partial charge in [-0.3, -0.25) is 4.79 Å². The van der Waals surface area contributed by atoms with E-state index in [1.165, 1.54) is 12.8 Å². The van der Waals surface area contributed by atoms with E-state index >= 15 is 0 Å². The Kier molecular flexibility index (Phi) is 3.82. The van der Waals surface area contributed by atoms with Crippen molar-refractivity contribution in [1.82, 2.24) is 20.4 Å². The fourth-order valence-electron chi connectivity index (χ4n) is 2.83. The van der Waals surface area contributed by atoms with Gasteiger partial charge in [0.15, 0.2) is 11.5 Å². The van der Waals surface area contributed by atoms with Gasteiger partial charge in [-0.25, -0.2) is 0 Å². The number of piperazine rings is 1. The molecule has 3 rings (SSSR count). The third-order valence-electron chi connectivity index (χ3n) is 3.96. The van der Waals surface area contributed by atoms with Crippen LogP contribution in [0.1, 0.15) is 30.3 Å². The Hall–Kier alpha value is -1.69. The summed E-state index contributed by atoms with van der Waals surface area (Å²) in [6, 6.07) is 4.05. The SMILES string of the molecule is CC1CN(C(=O)c2ccc(N3CCCC3)nn2)CCN1. The molecule has 0 bridgehead atoms. The highest BCUT2D eigenvalue weighted by molar-refractivity contribution is 5.92. The lowest BCUT2D eigenvalue weighted by Crippen LogP contribution is -2.51. The van der Waals surface area contributed by atoms with Crippen LogP contribution in [-0.4, -0.2) is 59.8 Å². The number of carbonyl (C=O) groups is 1. The molecule has 0 aliphatic carbocycles. The number of nitrogens with one attached hydrogen (secondary N) is 1. The average molecular weight is 275 g/mol. The Morgan fingerprint density at radius 1 is 1.25 bits per heavy atom. The summed E-state index contributed by atoms with van der Waals surface area (Å²) in [5, 5.41) is 11.7. The third kappa shape index (κ3) is 2.75. The van der Waals surface area contributed by atoms with Crippen molar-refractivity contribution in [3.8, 4) is 0 Å². The molecule has 6 nitrogen and oxygen atoms in total. The van der Waals surface area contributed by atoms with Gasteiger partial charge in [0.25, 0.3) is 5.91 Å². The Bertz CT molecular complexity index is 469. The van der Waals surface area contributed by atoms with Crippen LogP contribution in [-0.2, 0) is 0 Å². The minimum atomic E-state index is -0.0150. The molecule has 1 N–H and O–H groups in total. The number of amides is 1. The van der Waals surface area contributed by atoms with E-state index in [-0.39, 0.29) is 5.91 Å². The molecule has 2 aliphatic rings. The monoisotopic (exact) mass is 275 g/mol. The van der Waals surface area contributed by atoms with Gasteiger partial charge in [0, 0.05) is 38.8 Å². The minimum Gasteiger partial charge on any atom is -0.355 e. The summed E-state index contributed by atoms with van der Waals surface area (Å²) in [5.74, 6) is 0.867. The largest absolute Gasteiger partial charge is 0.355 e. The summed E-state index contributed by atoms with van der Waals surface area (Å²) in [5.41, 5.74) is 0.446. The highest BCUT2D eigenvalue weighted by Gasteiger charge is 2.23. The smallest absolute Gasteiger partial charge is 0.274 e. The van der Waals surface area contributed by atoms with Gasteiger partial charge >= 0.3 is 0 Å². The molecule has 20 heavy (non-hydrogen) atoms. The Labute approximate surface area is 119 Å². The summed E-state index contributed by atoms with van der Waals surface area (Å²) >= 11 is 0. The zero-order valence-corrected chi connectivity index (χ0v) is 11.9. The van der Waals surface area contributed by atoms with Crippen LogP contribution < -0.4 is 10.2 Å². The Morgan fingerprint density at radius 3 is 2.70 bits per heavy atom. The zero-order valence-electron chi connectivity index (χ0n) is 11.9. The molecule has 1 amide bonds. The van der Waals surface area contributed by atoms with Crippen molar-refractivity contribution < 1.29 is 4.79 Å². The van der Waals surface area contributed by atoms with Crippen LogP contribution in [0.15, 0.2) is 12.1 Å².